The van der Waals surface area contributed by atoms with E-state index in [4.69, 9.17) is 4.42 Å². The second-order valence-electron chi connectivity index (χ2n) is 6.37. The summed E-state index contributed by atoms with van der Waals surface area (Å²) < 4.78 is 7.25. The van der Waals surface area contributed by atoms with Gasteiger partial charge in [0.1, 0.15) is 18.4 Å². The van der Waals surface area contributed by atoms with Crippen molar-refractivity contribution in [3.63, 3.8) is 0 Å². The summed E-state index contributed by atoms with van der Waals surface area (Å²) in [5.74, 6) is 0.805. The number of aromatic nitrogens is 3. The molecule has 0 spiro atoms. The van der Waals surface area contributed by atoms with E-state index in [1.165, 1.54) is 19.2 Å². The third-order valence-corrected chi connectivity index (χ3v) is 4.72. The lowest BCUT2D eigenvalue weighted by molar-refractivity contribution is 0.0934. The van der Waals surface area contributed by atoms with Gasteiger partial charge in [-0.2, -0.15) is 5.10 Å². The Hall–Kier alpha value is -2.93. The van der Waals surface area contributed by atoms with Gasteiger partial charge in [0, 0.05) is 12.1 Å². The minimum Gasteiger partial charge on any atom is -0.468 e. The van der Waals surface area contributed by atoms with Crippen LogP contribution in [0.5, 0.6) is 0 Å². The fourth-order valence-corrected chi connectivity index (χ4v) is 3.34. The maximum absolute atomic E-state index is 12.5. The van der Waals surface area contributed by atoms with Crippen molar-refractivity contribution in [3.8, 4) is 5.69 Å². The van der Waals surface area contributed by atoms with Crippen LogP contribution in [-0.2, 0) is 0 Å². The van der Waals surface area contributed by atoms with E-state index in [9.17, 15) is 4.79 Å². The first kappa shape index (κ1) is 16.5. The number of rotatable bonds is 6. The molecule has 0 aliphatic carbocycles. The van der Waals surface area contributed by atoms with Gasteiger partial charge in [0.2, 0.25) is 0 Å². The van der Waals surface area contributed by atoms with E-state index >= 15 is 0 Å². The van der Waals surface area contributed by atoms with Crippen molar-refractivity contribution in [2.45, 2.75) is 18.9 Å². The van der Waals surface area contributed by atoms with E-state index < -0.39 is 0 Å². The van der Waals surface area contributed by atoms with Gasteiger partial charge in [-0.15, -0.1) is 0 Å². The fraction of sp³-hybridized carbons (Fsp3) is 0.316. The van der Waals surface area contributed by atoms with Crippen LogP contribution in [0.2, 0.25) is 0 Å². The Bertz CT molecular complexity index is 821. The summed E-state index contributed by atoms with van der Waals surface area (Å²) in [7, 11) is 0. The molecule has 0 radical (unpaired) electrons. The summed E-state index contributed by atoms with van der Waals surface area (Å²) >= 11 is 0. The SMILES string of the molecule is O=C(NCC(c1ccco1)N1CCCC1)c1ccc(-n2cncn2)cc1. The second-order valence-corrected chi connectivity index (χ2v) is 6.37. The number of furan rings is 1. The molecule has 1 fully saturated rings. The Labute approximate surface area is 151 Å². The summed E-state index contributed by atoms with van der Waals surface area (Å²) in [5.41, 5.74) is 1.48. The molecule has 7 nitrogen and oxygen atoms in total. The molecule has 1 amide bonds. The third kappa shape index (κ3) is 3.52. The number of carbonyl (C=O) groups excluding carboxylic acids is 1. The van der Waals surface area contributed by atoms with Crippen LogP contribution in [0.15, 0.2) is 59.7 Å². The lowest BCUT2D eigenvalue weighted by Gasteiger charge is -2.26. The zero-order valence-corrected chi connectivity index (χ0v) is 14.4. The first-order valence-corrected chi connectivity index (χ1v) is 8.82. The molecule has 0 bridgehead atoms. The number of hydrogen-bond donors (Lipinski definition) is 1. The van der Waals surface area contributed by atoms with E-state index in [1.54, 1.807) is 29.4 Å². The Balaban J connectivity index is 1.42. The van der Waals surface area contributed by atoms with Gasteiger partial charge in [0.15, 0.2) is 0 Å². The van der Waals surface area contributed by atoms with Gasteiger partial charge >= 0.3 is 0 Å². The van der Waals surface area contributed by atoms with Crippen molar-refractivity contribution in [3.05, 3.63) is 66.6 Å². The number of carbonyl (C=O) groups is 1. The highest BCUT2D eigenvalue weighted by Gasteiger charge is 2.26. The molecule has 2 aromatic heterocycles. The molecule has 1 N–H and O–H groups in total. The summed E-state index contributed by atoms with van der Waals surface area (Å²) in [5, 5.41) is 7.13. The van der Waals surface area contributed by atoms with Gasteiger partial charge < -0.3 is 9.73 Å². The summed E-state index contributed by atoms with van der Waals surface area (Å²) in [6, 6.07) is 11.2. The van der Waals surface area contributed by atoms with Gasteiger partial charge in [-0.1, -0.05) is 0 Å². The second kappa shape index (κ2) is 7.53. The largest absolute Gasteiger partial charge is 0.468 e. The van der Waals surface area contributed by atoms with Crippen LogP contribution in [0, 0.1) is 0 Å². The lowest BCUT2D eigenvalue weighted by Crippen LogP contribution is -2.36. The van der Waals surface area contributed by atoms with Crippen LogP contribution in [0.4, 0.5) is 0 Å². The van der Waals surface area contributed by atoms with E-state index in [2.05, 4.69) is 20.3 Å². The maximum Gasteiger partial charge on any atom is 0.251 e. The molecule has 1 aliphatic rings. The lowest BCUT2D eigenvalue weighted by atomic mass is 10.1. The molecule has 7 heteroatoms. The molecule has 1 atom stereocenters. The quantitative estimate of drug-likeness (QED) is 0.738. The predicted octanol–water partition coefficient (Wildman–Crippen LogP) is 2.43. The zero-order valence-electron chi connectivity index (χ0n) is 14.4. The van der Waals surface area contributed by atoms with Gasteiger partial charge in [-0.25, -0.2) is 9.67 Å². The standard InChI is InChI=1S/C19H21N5O2/c25-19(15-5-7-16(8-6-15)24-14-20-13-22-24)21-12-17(18-4-3-11-26-18)23-9-1-2-10-23/h3-8,11,13-14,17H,1-2,9-10,12H2,(H,21,25). The Morgan fingerprint density at radius 3 is 2.65 bits per heavy atom. The molecule has 1 unspecified atom stereocenters. The fourth-order valence-electron chi connectivity index (χ4n) is 3.34. The van der Waals surface area contributed by atoms with Gasteiger partial charge in [-0.05, 0) is 62.3 Å². The highest BCUT2D eigenvalue weighted by molar-refractivity contribution is 5.94. The van der Waals surface area contributed by atoms with E-state index in [-0.39, 0.29) is 11.9 Å². The molecule has 1 aromatic carbocycles. The molecule has 3 heterocycles. The van der Waals surface area contributed by atoms with Crippen molar-refractivity contribution >= 4 is 5.91 Å². The maximum atomic E-state index is 12.5. The molecule has 1 aliphatic heterocycles. The van der Waals surface area contributed by atoms with Gasteiger partial charge in [-0.3, -0.25) is 9.69 Å². The number of nitrogens with one attached hydrogen (secondary N) is 1. The normalized spacial score (nSPS) is 15.8. The molecule has 134 valence electrons. The zero-order chi connectivity index (χ0) is 17.8. The van der Waals surface area contributed by atoms with Gasteiger partial charge in [0.05, 0.1) is 18.0 Å². The number of hydrogen-bond acceptors (Lipinski definition) is 5. The minimum atomic E-state index is -0.0918. The van der Waals surface area contributed by atoms with Crippen LogP contribution in [-0.4, -0.2) is 45.2 Å². The smallest absolute Gasteiger partial charge is 0.251 e. The van der Waals surface area contributed by atoms with E-state index in [0.717, 1.165) is 24.5 Å². The minimum absolute atomic E-state index is 0.0749. The molecular weight excluding hydrogens is 330 g/mol. The molecular formula is C19H21N5O2. The molecule has 3 aromatic rings. The Kier molecular flexibility index (Phi) is 4.79. The van der Waals surface area contributed by atoms with Crippen molar-refractivity contribution in [1.82, 2.24) is 25.0 Å². The van der Waals surface area contributed by atoms with Gasteiger partial charge in [0.25, 0.3) is 5.91 Å². The number of amides is 1. The summed E-state index contributed by atoms with van der Waals surface area (Å²) in [6.07, 6.45) is 7.17. The van der Waals surface area contributed by atoms with Crippen LogP contribution >= 0.6 is 0 Å². The number of benzene rings is 1. The average molecular weight is 351 g/mol. The number of nitrogens with zero attached hydrogens (tertiary/aromatic N) is 4. The van der Waals surface area contributed by atoms with Crippen LogP contribution < -0.4 is 5.32 Å². The van der Waals surface area contributed by atoms with Crippen LogP contribution in [0.3, 0.4) is 0 Å². The predicted molar refractivity (Wildman–Crippen MR) is 95.9 cm³/mol. The molecule has 0 saturated carbocycles. The van der Waals surface area contributed by atoms with Crippen molar-refractivity contribution in [1.29, 1.82) is 0 Å². The van der Waals surface area contributed by atoms with Crippen LogP contribution in [0.1, 0.15) is 35.0 Å². The summed E-state index contributed by atoms with van der Waals surface area (Å²) in [6.45, 7) is 2.60. The van der Waals surface area contributed by atoms with Crippen LogP contribution in [0.25, 0.3) is 5.69 Å². The molecule has 26 heavy (non-hydrogen) atoms. The van der Waals surface area contributed by atoms with Crippen molar-refractivity contribution in [2.75, 3.05) is 19.6 Å². The first-order chi connectivity index (χ1) is 12.8. The van der Waals surface area contributed by atoms with Crippen molar-refractivity contribution in [2.24, 2.45) is 0 Å². The average Bonchev–Trinajstić information content (AvgIpc) is 3.45. The number of likely N-dealkylation sites (tertiary alicyclic amines) is 1. The topological polar surface area (TPSA) is 76.2 Å². The van der Waals surface area contributed by atoms with E-state index in [1.807, 2.05) is 24.3 Å². The summed E-state index contributed by atoms with van der Waals surface area (Å²) in [4.78, 5) is 18.8. The molecule has 1 saturated heterocycles. The van der Waals surface area contributed by atoms with E-state index in [0.29, 0.717) is 12.1 Å². The monoisotopic (exact) mass is 351 g/mol. The third-order valence-electron chi connectivity index (χ3n) is 4.72. The highest BCUT2D eigenvalue weighted by Crippen LogP contribution is 2.25. The Morgan fingerprint density at radius 2 is 2.00 bits per heavy atom. The van der Waals surface area contributed by atoms with Crippen molar-refractivity contribution < 1.29 is 9.21 Å². The highest BCUT2D eigenvalue weighted by atomic mass is 16.3. The molecule has 4 rings (SSSR count). The first-order valence-electron chi connectivity index (χ1n) is 8.82. The Morgan fingerprint density at radius 1 is 1.19 bits per heavy atom.